The van der Waals surface area contributed by atoms with Crippen molar-refractivity contribution in [1.29, 1.82) is 0 Å². The fourth-order valence-electron chi connectivity index (χ4n) is 3.81. The summed E-state index contributed by atoms with van der Waals surface area (Å²) in [6.07, 6.45) is 7.07. The standard InChI is InChI=1S/C17H21N11O/c18-14-17(25-29-24-14)28-12(10-27-8-2-1-3-9-27)13(21-26-28)16-20-15(22-23-16)11-4-6-19-7-5-11/h4-7,12-13H,1-3,8-10H2,(H2,18,24)(H,20,22,23). The molecule has 0 aliphatic carbocycles. The molecule has 0 spiro atoms. The SMILES string of the molecule is Nc1nonc1N1N=NC(c2nnc(-c3ccncc3)[nH]2)C1CN1CCCCC1. The van der Waals surface area contributed by atoms with Crippen LogP contribution in [0.4, 0.5) is 11.6 Å². The Labute approximate surface area is 166 Å². The van der Waals surface area contributed by atoms with Crippen molar-refractivity contribution in [3.8, 4) is 11.4 Å². The number of rotatable bonds is 5. The van der Waals surface area contributed by atoms with Crippen molar-refractivity contribution in [3.05, 3.63) is 30.4 Å². The van der Waals surface area contributed by atoms with E-state index in [0.717, 1.165) is 25.2 Å². The number of nitrogens with two attached hydrogens (primary N) is 1. The first-order valence-corrected chi connectivity index (χ1v) is 9.63. The monoisotopic (exact) mass is 395 g/mol. The molecule has 2 atom stereocenters. The highest BCUT2D eigenvalue weighted by Gasteiger charge is 2.40. The molecule has 3 aromatic rings. The summed E-state index contributed by atoms with van der Waals surface area (Å²) in [6, 6.07) is 3.26. The molecule has 0 aromatic carbocycles. The Morgan fingerprint density at radius 1 is 1.10 bits per heavy atom. The minimum absolute atomic E-state index is 0.152. The lowest BCUT2D eigenvalue weighted by molar-refractivity contribution is 0.209. The minimum Gasteiger partial charge on any atom is -0.378 e. The molecular weight excluding hydrogens is 374 g/mol. The second-order valence-electron chi connectivity index (χ2n) is 7.19. The Balaban J connectivity index is 1.44. The van der Waals surface area contributed by atoms with Gasteiger partial charge in [-0.25, -0.2) is 9.64 Å². The Hall–Kier alpha value is -3.41. The van der Waals surface area contributed by atoms with E-state index in [9.17, 15) is 0 Å². The van der Waals surface area contributed by atoms with E-state index in [1.807, 2.05) is 12.1 Å². The van der Waals surface area contributed by atoms with Gasteiger partial charge < -0.3 is 15.6 Å². The van der Waals surface area contributed by atoms with Gasteiger partial charge in [0.05, 0.1) is 0 Å². The number of hydrogen-bond donors (Lipinski definition) is 2. The normalized spacial score (nSPS) is 22.4. The Morgan fingerprint density at radius 2 is 1.93 bits per heavy atom. The summed E-state index contributed by atoms with van der Waals surface area (Å²) in [5.41, 5.74) is 6.82. The third-order valence-corrected chi connectivity index (χ3v) is 5.30. The highest BCUT2D eigenvalue weighted by atomic mass is 16.6. The molecule has 1 fully saturated rings. The number of hydrogen-bond acceptors (Lipinski definition) is 11. The molecule has 0 radical (unpaired) electrons. The highest BCUT2D eigenvalue weighted by Crippen LogP contribution is 2.36. The molecule has 0 bridgehead atoms. The van der Waals surface area contributed by atoms with Gasteiger partial charge in [-0.1, -0.05) is 11.6 Å². The van der Waals surface area contributed by atoms with E-state index in [0.29, 0.717) is 17.5 Å². The molecule has 0 amide bonds. The number of aromatic nitrogens is 6. The van der Waals surface area contributed by atoms with E-state index in [1.165, 1.54) is 19.3 Å². The molecule has 3 aromatic heterocycles. The first-order valence-electron chi connectivity index (χ1n) is 9.63. The van der Waals surface area contributed by atoms with Gasteiger partial charge in [0.25, 0.3) is 0 Å². The number of nitrogens with zero attached hydrogens (tertiary/aromatic N) is 9. The second-order valence-corrected chi connectivity index (χ2v) is 7.19. The molecule has 0 saturated carbocycles. The average molecular weight is 395 g/mol. The second kappa shape index (κ2) is 7.54. The first kappa shape index (κ1) is 17.7. The van der Waals surface area contributed by atoms with Crippen LogP contribution in [0.3, 0.4) is 0 Å². The topological polar surface area (TPSA) is 151 Å². The van der Waals surface area contributed by atoms with E-state index in [2.05, 4.69) is 45.7 Å². The van der Waals surface area contributed by atoms with Crippen LogP contribution in [0.1, 0.15) is 31.1 Å². The molecule has 2 unspecified atom stereocenters. The van der Waals surface area contributed by atoms with Crippen molar-refractivity contribution >= 4 is 11.6 Å². The summed E-state index contributed by atoms with van der Waals surface area (Å²) >= 11 is 0. The van der Waals surface area contributed by atoms with E-state index in [-0.39, 0.29) is 17.9 Å². The van der Waals surface area contributed by atoms with Crippen LogP contribution in [0.5, 0.6) is 0 Å². The van der Waals surface area contributed by atoms with Gasteiger partial charge in [-0.05, 0) is 48.4 Å². The van der Waals surface area contributed by atoms with Gasteiger partial charge in [0, 0.05) is 24.5 Å². The summed E-state index contributed by atoms with van der Waals surface area (Å²) in [4.78, 5) is 9.73. The lowest BCUT2D eigenvalue weighted by Gasteiger charge is -2.32. The van der Waals surface area contributed by atoms with Crippen LogP contribution in [-0.2, 0) is 0 Å². The van der Waals surface area contributed by atoms with E-state index >= 15 is 0 Å². The van der Waals surface area contributed by atoms with Crippen LogP contribution in [-0.4, -0.2) is 61.1 Å². The Kier molecular flexibility index (Phi) is 4.60. The quantitative estimate of drug-likeness (QED) is 0.656. The van der Waals surface area contributed by atoms with Crippen molar-refractivity contribution in [2.75, 3.05) is 30.4 Å². The number of piperidine rings is 1. The van der Waals surface area contributed by atoms with Crippen LogP contribution in [0, 0.1) is 0 Å². The van der Waals surface area contributed by atoms with E-state index in [1.54, 1.807) is 17.4 Å². The van der Waals surface area contributed by atoms with Gasteiger partial charge in [0.2, 0.25) is 11.6 Å². The van der Waals surface area contributed by atoms with Gasteiger partial charge in [0.1, 0.15) is 6.04 Å². The van der Waals surface area contributed by atoms with Crippen molar-refractivity contribution in [1.82, 2.24) is 35.4 Å². The number of anilines is 2. The number of pyridine rings is 1. The zero-order valence-corrected chi connectivity index (χ0v) is 15.7. The molecule has 12 nitrogen and oxygen atoms in total. The van der Waals surface area contributed by atoms with Gasteiger partial charge in [-0.15, -0.1) is 10.2 Å². The number of nitrogens with one attached hydrogen (secondary N) is 1. The van der Waals surface area contributed by atoms with Crippen LogP contribution in [0.2, 0.25) is 0 Å². The third kappa shape index (κ3) is 3.42. The predicted molar refractivity (Wildman–Crippen MR) is 102 cm³/mol. The molecule has 1 saturated heterocycles. The molecule has 12 heteroatoms. The number of nitrogen functional groups attached to an aromatic ring is 1. The van der Waals surface area contributed by atoms with Gasteiger partial charge in [0.15, 0.2) is 17.7 Å². The third-order valence-electron chi connectivity index (χ3n) is 5.30. The zero-order valence-electron chi connectivity index (χ0n) is 15.7. The average Bonchev–Trinajstić information content (AvgIpc) is 3.49. The number of H-pyrrole nitrogens is 1. The van der Waals surface area contributed by atoms with E-state index in [4.69, 9.17) is 10.4 Å². The fraction of sp³-hybridized carbons (Fsp3) is 0.471. The summed E-state index contributed by atoms with van der Waals surface area (Å²) in [6.45, 7) is 2.83. The largest absolute Gasteiger partial charge is 0.378 e. The maximum Gasteiger partial charge on any atom is 0.239 e. The molecule has 5 heterocycles. The molecule has 2 aliphatic heterocycles. The van der Waals surface area contributed by atoms with Crippen molar-refractivity contribution in [2.24, 2.45) is 10.3 Å². The van der Waals surface area contributed by atoms with Crippen molar-refractivity contribution in [3.63, 3.8) is 0 Å². The molecular formula is C17H21N11O. The van der Waals surface area contributed by atoms with Gasteiger partial charge >= 0.3 is 0 Å². The lowest BCUT2D eigenvalue weighted by atomic mass is 10.1. The fourth-order valence-corrected chi connectivity index (χ4v) is 3.81. The van der Waals surface area contributed by atoms with Crippen molar-refractivity contribution < 1.29 is 4.63 Å². The molecule has 5 rings (SSSR count). The Bertz CT molecular complexity index is 978. The summed E-state index contributed by atoms with van der Waals surface area (Å²) in [5, 5.41) is 26.7. The maximum atomic E-state index is 5.91. The zero-order chi connectivity index (χ0) is 19.6. The molecule has 3 N–H and O–H groups in total. The maximum absolute atomic E-state index is 5.91. The Morgan fingerprint density at radius 3 is 2.69 bits per heavy atom. The summed E-state index contributed by atoms with van der Waals surface area (Å²) in [7, 11) is 0. The number of aromatic amines is 1. The number of likely N-dealkylation sites (tertiary alicyclic amines) is 1. The first-order chi connectivity index (χ1) is 14.3. The van der Waals surface area contributed by atoms with Crippen LogP contribution < -0.4 is 10.7 Å². The lowest BCUT2D eigenvalue weighted by Crippen LogP contribution is -2.44. The van der Waals surface area contributed by atoms with Crippen LogP contribution >= 0.6 is 0 Å². The van der Waals surface area contributed by atoms with Crippen LogP contribution in [0.15, 0.2) is 39.5 Å². The minimum atomic E-state index is -0.337. The summed E-state index contributed by atoms with van der Waals surface area (Å²) in [5.74, 6) is 1.85. The molecule has 2 aliphatic rings. The summed E-state index contributed by atoms with van der Waals surface area (Å²) < 4.78 is 4.78. The smallest absolute Gasteiger partial charge is 0.239 e. The highest BCUT2D eigenvalue weighted by molar-refractivity contribution is 5.57. The molecule has 29 heavy (non-hydrogen) atoms. The van der Waals surface area contributed by atoms with Crippen LogP contribution in [0.25, 0.3) is 11.4 Å². The van der Waals surface area contributed by atoms with Gasteiger partial charge in [-0.3, -0.25) is 4.98 Å². The van der Waals surface area contributed by atoms with Gasteiger partial charge in [-0.2, -0.15) is 5.11 Å². The van der Waals surface area contributed by atoms with E-state index < -0.39 is 0 Å². The predicted octanol–water partition coefficient (Wildman–Crippen LogP) is 1.61. The molecule has 150 valence electrons. The van der Waals surface area contributed by atoms with Crippen molar-refractivity contribution in [2.45, 2.75) is 31.3 Å².